The fourth-order valence-corrected chi connectivity index (χ4v) is 1.63. The molecule has 0 aliphatic carbocycles. The van der Waals surface area contributed by atoms with E-state index in [9.17, 15) is 9.90 Å². The van der Waals surface area contributed by atoms with Gasteiger partial charge in [-0.3, -0.25) is 4.79 Å². The quantitative estimate of drug-likeness (QED) is 0.784. The zero-order valence-electron chi connectivity index (χ0n) is 10.2. The van der Waals surface area contributed by atoms with Crippen LogP contribution in [0.4, 0.5) is 5.82 Å². The van der Waals surface area contributed by atoms with Crippen molar-refractivity contribution in [3.8, 4) is 0 Å². The minimum absolute atomic E-state index is 0.0225. The van der Waals surface area contributed by atoms with E-state index < -0.39 is 5.60 Å². The molecule has 16 heavy (non-hydrogen) atoms. The number of carbonyl (C=O) groups excluding carboxylic acids is 1. The Morgan fingerprint density at radius 1 is 1.56 bits per heavy atom. The Labute approximate surface area is 95.9 Å². The second-order valence-corrected chi connectivity index (χ2v) is 4.60. The van der Waals surface area contributed by atoms with E-state index in [4.69, 9.17) is 0 Å². The fraction of sp³-hybridized carbons (Fsp3) is 0.500. The Bertz CT molecular complexity index is 383. The first-order valence-electron chi connectivity index (χ1n) is 5.21. The number of carbonyl (C=O) groups is 1. The maximum Gasteiger partial charge on any atom is 0.163 e. The van der Waals surface area contributed by atoms with E-state index in [0.717, 1.165) is 0 Å². The lowest BCUT2D eigenvalue weighted by Crippen LogP contribution is -2.37. The summed E-state index contributed by atoms with van der Waals surface area (Å²) in [5.41, 5.74) is -0.241. The Morgan fingerprint density at radius 2 is 2.19 bits per heavy atom. The van der Waals surface area contributed by atoms with Crippen LogP contribution in [0, 0.1) is 0 Å². The van der Waals surface area contributed by atoms with Crippen LogP contribution < -0.4 is 4.90 Å². The van der Waals surface area contributed by atoms with Gasteiger partial charge in [0, 0.05) is 19.8 Å². The monoisotopic (exact) mass is 222 g/mol. The van der Waals surface area contributed by atoms with Crippen LogP contribution in [0.3, 0.4) is 0 Å². The van der Waals surface area contributed by atoms with Crippen molar-refractivity contribution in [2.75, 3.05) is 18.5 Å². The van der Waals surface area contributed by atoms with Crippen molar-refractivity contribution in [3.05, 3.63) is 23.9 Å². The number of rotatable bonds is 4. The normalized spacial score (nSPS) is 11.3. The standard InChI is InChI=1S/C12H18N2O2/c1-9(15)10-6-5-7-13-11(10)14(4)8-12(2,3)16/h5-7,16H,8H2,1-4H3. The molecule has 0 spiro atoms. The molecule has 1 heterocycles. The predicted octanol–water partition coefficient (Wildman–Crippen LogP) is 1.49. The van der Waals surface area contributed by atoms with Gasteiger partial charge >= 0.3 is 0 Å². The van der Waals surface area contributed by atoms with Crippen LogP contribution in [-0.2, 0) is 0 Å². The SMILES string of the molecule is CC(=O)c1cccnc1N(C)CC(C)(C)O. The Morgan fingerprint density at radius 3 is 2.69 bits per heavy atom. The Kier molecular flexibility index (Phi) is 3.65. The van der Waals surface area contributed by atoms with Crippen LogP contribution >= 0.6 is 0 Å². The van der Waals surface area contributed by atoms with Gasteiger partial charge in [0.25, 0.3) is 0 Å². The van der Waals surface area contributed by atoms with E-state index in [0.29, 0.717) is 17.9 Å². The first kappa shape index (κ1) is 12.6. The van der Waals surface area contributed by atoms with Gasteiger partial charge in [-0.25, -0.2) is 4.98 Å². The van der Waals surface area contributed by atoms with E-state index in [1.54, 1.807) is 37.1 Å². The molecule has 0 atom stereocenters. The molecule has 1 aromatic rings. The summed E-state index contributed by atoms with van der Waals surface area (Å²) in [6.07, 6.45) is 1.64. The third-order valence-corrected chi connectivity index (χ3v) is 2.15. The van der Waals surface area contributed by atoms with Crippen molar-refractivity contribution in [3.63, 3.8) is 0 Å². The molecule has 1 N–H and O–H groups in total. The van der Waals surface area contributed by atoms with Gasteiger partial charge in [0.05, 0.1) is 11.2 Å². The minimum Gasteiger partial charge on any atom is -0.389 e. The predicted molar refractivity (Wildman–Crippen MR) is 63.8 cm³/mol. The molecule has 0 aliphatic rings. The maximum absolute atomic E-state index is 11.4. The van der Waals surface area contributed by atoms with Crippen molar-refractivity contribution in [2.24, 2.45) is 0 Å². The van der Waals surface area contributed by atoms with Crippen LogP contribution in [0.5, 0.6) is 0 Å². The Balaban J connectivity index is 2.99. The molecule has 4 nitrogen and oxygen atoms in total. The molecule has 0 amide bonds. The molecule has 0 aromatic carbocycles. The summed E-state index contributed by atoms with van der Waals surface area (Å²) in [5, 5.41) is 9.72. The lowest BCUT2D eigenvalue weighted by Gasteiger charge is -2.27. The van der Waals surface area contributed by atoms with Crippen LogP contribution in [0.25, 0.3) is 0 Å². The van der Waals surface area contributed by atoms with Gasteiger partial charge in [-0.2, -0.15) is 0 Å². The molecule has 0 fully saturated rings. The number of hydrogen-bond donors (Lipinski definition) is 1. The molecule has 0 saturated heterocycles. The molecular weight excluding hydrogens is 204 g/mol. The minimum atomic E-state index is -0.819. The van der Waals surface area contributed by atoms with Crippen LogP contribution in [0.1, 0.15) is 31.1 Å². The van der Waals surface area contributed by atoms with Crippen molar-refractivity contribution in [1.29, 1.82) is 0 Å². The molecule has 0 unspecified atom stereocenters. The number of anilines is 1. The van der Waals surface area contributed by atoms with E-state index >= 15 is 0 Å². The van der Waals surface area contributed by atoms with Crippen LogP contribution in [-0.4, -0.2) is 35.1 Å². The van der Waals surface area contributed by atoms with Crippen molar-refractivity contribution >= 4 is 11.6 Å². The summed E-state index contributed by atoms with van der Waals surface area (Å²) in [6, 6.07) is 3.48. The van der Waals surface area contributed by atoms with E-state index in [2.05, 4.69) is 4.98 Å². The average Bonchev–Trinajstić information content (AvgIpc) is 2.15. The molecular formula is C12H18N2O2. The fourth-order valence-electron chi connectivity index (χ4n) is 1.63. The highest BCUT2D eigenvalue weighted by atomic mass is 16.3. The second-order valence-electron chi connectivity index (χ2n) is 4.60. The first-order chi connectivity index (χ1) is 7.31. The number of likely N-dealkylation sites (N-methyl/N-ethyl adjacent to an activating group) is 1. The number of hydrogen-bond acceptors (Lipinski definition) is 4. The summed E-state index contributed by atoms with van der Waals surface area (Å²) >= 11 is 0. The molecule has 0 aliphatic heterocycles. The highest BCUT2D eigenvalue weighted by Crippen LogP contribution is 2.18. The summed E-state index contributed by atoms with van der Waals surface area (Å²) in [4.78, 5) is 17.4. The van der Waals surface area contributed by atoms with E-state index in [1.807, 2.05) is 7.05 Å². The number of nitrogens with zero attached hydrogens (tertiary/aromatic N) is 2. The third-order valence-electron chi connectivity index (χ3n) is 2.15. The molecule has 88 valence electrons. The first-order valence-corrected chi connectivity index (χ1v) is 5.21. The molecule has 0 radical (unpaired) electrons. The maximum atomic E-state index is 11.4. The molecule has 1 aromatic heterocycles. The number of aromatic nitrogens is 1. The summed E-state index contributed by atoms with van der Waals surface area (Å²) in [6.45, 7) is 5.38. The number of Topliss-reactive ketones (excluding diaryl/α,β-unsaturated/α-hetero) is 1. The van der Waals surface area contributed by atoms with Gasteiger partial charge in [0.15, 0.2) is 5.78 Å². The van der Waals surface area contributed by atoms with Crippen molar-refractivity contribution in [2.45, 2.75) is 26.4 Å². The third kappa shape index (κ3) is 3.31. The molecule has 0 bridgehead atoms. The average molecular weight is 222 g/mol. The van der Waals surface area contributed by atoms with Crippen LogP contribution in [0.2, 0.25) is 0 Å². The van der Waals surface area contributed by atoms with Crippen molar-refractivity contribution in [1.82, 2.24) is 4.98 Å². The zero-order valence-corrected chi connectivity index (χ0v) is 10.2. The summed E-state index contributed by atoms with van der Waals surface area (Å²) in [5.74, 6) is 0.586. The van der Waals surface area contributed by atoms with Gasteiger partial charge < -0.3 is 10.0 Å². The highest BCUT2D eigenvalue weighted by molar-refractivity contribution is 5.98. The molecule has 0 saturated carbocycles. The molecule has 1 rings (SSSR count). The van der Waals surface area contributed by atoms with Crippen LogP contribution in [0.15, 0.2) is 18.3 Å². The summed E-state index contributed by atoms with van der Waals surface area (Å²) < 4.78 is 0. The van der Waals surface area contributed by atoms with Crippen molar-refractivity contribution < 1.29 is 9.90 Å². The molecule has 4 heteroatoms. The zero-order chi connectivity index (χ0) is 12.3. The lowest BCUT2D eigenvalue weighted by molar-refractivity contribution is 0.0881. The second kappa shape index (κ2) is 4.61. The van der Waals surface area contributed by atoms with Gasteiger partial charge in [-0.05, 0) is 32.9 Å². The van der Waals surface area contributed by atoms with Gasteiger partial charge in [0.1, 0.15) is 5.82 Å². The number of ketones is 1. The Hall–Kier alpha value is -1.42. The largest absolute Gasteiger partial charge is 0.389 e. The topological polar surface area (TPSA) is 53.4 Å². The summed E-state index contributed by atoms with van der Waals surface area (Å²) in [7, 11) is 1.81. The van der Waals surface area contributed by atoms with E-state index in [-0.39, 0.29) is 5.78 Å². The highest BCUT2D eigenvalue weighted by Gasteiger charge is 2.19. The smallest absolute Gasteiger partial charge is 0.163 e. The van der Waals surface area contributed by atoms with E-state index in [1.165, 1.54) is 6.92 Å². The van der Waals surface area contributed by atoms with Gasteiger partial charge in [-0.15, -0.1) is 0 Å². The van der Waals surface area contributed by atoms with Gasteiger partial charge in [0.2, 0.25) is 0 Å². The number of aliphatic hydroxyl groups is 1. The van der Waals surface area contributed by atoms with Gasteiger partial charge in [-0.1, -0.05) is 0 Å². The number of pyridine rings is 1. The lowest BCUT2D eigenvalue weighted by atomic mass is 10.1.